The number of benzene rings is 1. The van der Waals surface area contributed by atoms with Crippen LogP contribution in [0.15, 0.2) is 18.2 Å². The van der Waals surface area contributed by atoms with E-state index in [0.717, 1.165) is 4.68 Å². The Kier molecular flexibility index (Phi) is 7.88. The van der Waals surface area contributed by atoms with E-state index in [-0.39, 0.29) is 48.9 Å². The largest absolute Gasteiger partial charge is 0.490 e. The van der Waals surface area contributed by atoms with Gasteiger partial charge in [0.15, 0.2) is 17.2 Å². The number of alkyl halides is 5. The number of aromatic nitrogens is 2. The summed E-state index contributed by atoms with van der Waals surface area (Å²) in [7, 11) is 0. The van der Waals surface area contributed by atoms with E-state index in [0.29, 0.717) is 0 Å². The van der Waals surface area contributed by atoms with Crippen molar-refractivity contribution in [2.45, 2.75) is 39.6 Å². The third-order valence-electron chi connectivity index (χ3n) is 3.96. The molecule has 0 unspecified atom stereocenters. The van der Waals surface area contributed by atoms with E-state index in [4.69, 9.17) is 16.3 Å². The van der Waals surface area contributed by atoms with Gasteiger partial charge in [0.2, 0.25) is 0 Å². The van der Waals surface area contributed by atoms with Crippen molar-refractivity contribution in [3.05, 3.63) is 40.2 Å². The van der Waals surface area contributed by atoms with Crippen molar-refractivity contribution >= 4 is 17.5 Å². The SMILES string of the molecule is CCOc1cc(C(=O)NCCCn2nc(C(F)(F)F)c(Cl)c2C)ccc1OC(F)F. The number of nitrogens with one attached hydrogen (secondary N) is 1. The predicted molar refractivity (Wildman–Crippen MR) is 98.2 cm³/mol. The van der Waals surface area contributed by atoms with Crippen molar-refractivity contribution in [3.8, 4) is 11.5 Å². The lowest BCUT2D eigenvalue weighted by Gasteiger charge is -2.13. The molecule has 1 aromatic heterocycles. The normalized spacial score (nSPS) is 11.6. The quantitative estimate of drug-likeness (QED) is 0.440. The van der Waals surface area contributed by atoms with Crippen molar-refractivity contribution in [2.24, 2.45) is 0 Å². The zero-order chi connectivity index (χ0) is 22.5. The highest BCUT2D eigenvalue weighted by Gasteiger charge is 2.38. The minimum atomic E-state index is -4.65. The summed E-state index contributed by atoms with van der Waals surface area (Å²) >= 11 is 5.68. The van der Waals surface area contributed by atoms with Crippen LogP contribution in [0.1, 0.15) is 35.1 Å². The molecular formula is C18H19ClF5N3O3. The van der Waals surface area contributed by atoms with E-state index in [1.54, 1.807) is 6.92 Å². The Morgan fingerprint density at radius 1 is 1.30 bits per heavy atom. The van der Waals surface area contributed by atoms with Crippen molar-refractivity contribution in [2.75, 3.05) is 13.2 Å². The van der Waals surface area contributed by atoms with Gasteiger partial charge in [-0.2, -0.15) is 27.1 Å². The molecule has 166 valence electrons. The van der Waals surface area contributed by atoms with Gasteiger partial charge in [-0.15, -0.1) is 0 Å². The Labute approximate surface area is 173 Å². The molecule has 1 heterocycles. The molecule has 2 rings (SSSR count). The second kappa shape index (κ2) is 9.96. The second-order valence-corrected chi connectivity index (χ2v) is 6.43. The number of carbonyl (C=O) groups is 1. The van der Waals surface area contributed by atoms with Crippen LogP contribution in [0.3, 0.4) is 0 Å². The lowest BCUT2D eigenvalue weighted by molar-refractivity contribution is -0.141. The summed E-state index contributed by atoms with van der Waals surface area (Å²) in [6.45, 7) is 0.439. The minimum Gasteiger partial charge on any atom is -0.490 e. The third-order valence-corrected chi connectivity index (χ3v) is 4.41. The van der Waals surface area contributed by atoms with Crippen LogP contribution in [0.4, 0.5) is 22.0 Å². The fourth-order valence-electron chi connectivity index (χ4n) is 2.57. The maximum absolute atomic E-state index is 12.8. The fraction of sp³-hybridized carbons (Fsp3) is 0.444. The smallest absolute Gasteiger partial charge is 0.436 e. The zero-order valence-corrected chi connectivity index (χ0v) is 16.8. The lowest BCUT2D eigenvalue weighted by atomic mass is 10.2. The first kappa shape index (κ1) is 23.7. The van der Waals surface area contributed by atoms with E-state index in [9.17, 15) is 26.7 Å². The minimum absolute atomic E-state index is 0.00746. The molecule has 0 saturated carbocycles. The van der Waals surface area contributed by atoms with E-state index >= 15 is 0 Å². The van der Waals surface area contributed by atoms with Gasteiger partial charge in [-0.05, 0) is 38.5 Å². The van der Waals surface area contributed by atoms with Gasteiger partial charge < -0.3 is 14.8 Å². The fourth-order valence-corrected chi connectivity index (χ4v) is 2.81. The second-order valence-electron chi connectivity index (χ2n) is 6.05. The van der Waals surface area contributed by atoms with Crippen LogP contribution in [0.5, 0.6) is 11.5 Å². The number of ether oxygens (including phenoxy) is 2. The first-order valence-electron chi connectivity index (χ1n) is 8.84. The molecule has 1 aromatic carbocycles. The Hall–Kier alpha value is -2.56. The summed E-state index contributed by atoms with van der Waals surface area (Å²) in [5.74, 6) is -0.715. The Morgan fingerprint density at radius 2 is 2.00 bits per heavy atom. The van der Waals surface area contributed by atoms with Crippen LogP contribution in [-0.4, -0.2) is 35.5 Å². The molecule has 1 N–H and O–H groups in total. The molecule has 2 aromatic rings. The summed E-state index contributed by atoms with van der Waals surface area (Å²) in [6.07, 6.45) is -4.37. The third kappa shape index (κ3) is 5.97. The molecule has 1 amide bonds. The predicted octanol–water partition coefficient (Wildman–Crippen LogP) is 4.68. The number of hydrogen-bond acceptors (Lipinski definition) is 4. The molecule has 0 bridgehead atoms. The molecule has 0 spiro atoms. The first-order valence-corrected chi connectivity index (χ1v) is 9.22. The zero-order valence-electron chi connectivity index (χ0n) is 16.0. The summed E-state index contributed by atoms with van der Waals surface area (Å²) in [5, 5.41) is 5.61. The highest BCUT2D eigenvalue weighted by atomic mass is 35.5. The van der Waals surface area contributed by atoms with Gasteiger partial charge >= 0.3 is 12.8 Å². The molecule has 30 heavy (non-hydrogen) atoms. The molecule has 6 nitrogen and oxygen atoms in total. The van der Waals surface area contributed by atoms with E-state index in [1.807, 2.05) is 0 Å². The Morgan fingerprint density at radius 3 is 2.57 bits per heavy atom. The average Bonchev–Trinajstić information content (AvgIpc) is 2.95. The standard InChI is InChI=1S/C18H19ClF5N3O3/c1-3-29-13-9-11(5-6-12(13)30-17(20)21)16(28)25-7-4-8-27-10(2)14(19)15(26-27)18(22,23)24/h5-6,9,17H,3-4,7-8H2,1-2H3,(H,25,28). The topological polar surface area (TPSA) is 65.4 Å². The summed E-state index contributed by atoms with van der Waals surface area (Å²) < 4.78 is 74.0. The Bertz CT molecular complexity index is 887. The van der Waals surface area contributed by atoms with Gasteiger partial charge in [-0.3, -0.25) is 9.48 Å². The highest BCUT2D eigenvalue weighted by molar-refractivity contribution is 6.31. The van der Waals surface area contributed by atoms with Crippen LogP contribution < -0.4 is 14.8 Å². The van der Waals surface area contributed by atoms with Crippen LogP contribution in [0.25, 0.3) is 0 Å². The molecule has 0 atom stereocenters. The molecule has 12 heteroatoms. The van der Waals surface area contributed by atoms with E-state index in [2.05, 4.69) is 15.2 Å². The number of hydrogen-bond donors (Lipinski definition) is 1. The van der Waals surface area contributed by atoms with Crippen LogP contribution in [-0.2, 0) is 12.7 Å². The van der Waals surface area contributed by atoms with Crippen LogP contribution in [0, 0.1) is 6.92 Å². The van der Waals surface area contributed by atoms with Crippen LogP contribution >= 0.6 is 11.6 Å². The summed E-state index contributed by atoms with van der Waals surface area (Å²) in [5.41, 5.74) is -0.829. The number of aryl methyl sites for hydroxylation is 1. The van der Waals surface area contributed by atoms with Crippen molar-refractivity contribution < 1.29 is 36.2 Å². The number of carbonyl (C=O) groups excluding carboxylic acids is 1. The van der Waals surface area contributed by atoms with Crippen molar-refractivity contribution in [1.29, 1.82) is 0 Å². The van der Waals surface area contributed by atoms with Gasteiger partial charge in [0.05, 0.1) is 17.3 Å². The van der Waals surface area contributed by atoms with Crippen molar-refractivity contribution in [1.82, 2.24) is 15.1 Å². The van der Waals surface area contributed by atoms with Crippen LogP contribution in [0.2, 0.25) is 5.02 Å². The number of rotatable bonds is 9. The molecule has 0 radical (unpaired) electrons. The number of nitrogens with zero attached hydrogens (tertiary/aromatic N) is 2. The van der Waals surface area contributed by atoms with E-state index in [1.165, 1.54) is 25.1 Å². The number of amides is 1. The Balaban J connectivity index is 1.96. The average molecular weight is 456 g/mol. The monoisotopic (exact) mass is 455 g/mol. The first-order chi connectivity index (χ1) is 14.0. The molecule has 0 saturated heterocycles. The van der Waals surface area contributed by atoms with E-state index < -0.39 is 29.4 Å². The van der Waals surface area contributed by atoms with Gasteiger partial charge in [-0.25, -0.2) is 0 Å². The maximum atomic E-state index is 12.8. The lowest BCUT2D eigenvalue weighted by Crippen LogP contribution is -2.25. The van der Waals surface area contributed by atoms with Gasteiger partial charge in [0, 0.05) is 18.7 Å². The molecular weight excluding hydrogens is 437 g/mol. The highest BCUT2D eigenvalue weighted by Crippen LogP contribution is 2.35. The molecule has 0 aliphatic carbocycles. The van der Waals surface area contributed by atoms with Gasteiger partial charge in [0.25, 0.3) is 5.91 Å². The molecule has 0 aliphatic heterocycles. The molecule has 0 aliphatic rings. The summed E-state index contributed by atoms with van der Waals surface area (Å²) in [6, 6.07) is 3.76. The van der Waals surface area contributed by atoms with Gasteiger partial charge in [-0.1, -0.05) is 11.6 Å². The summed E-state index contributed by atoms with van der Waals surface area (Å²) in [4.78, 5) is 12.3. The number of halogens is 6. The van der Waals surface area contributed by atoms with Crippen molar-refractivity contribution in [3.63, 3.8) is 0 Å². The maximum Gasteiger partial charge on any atom is 0.436 e. The van der Waals surface area contributed by atoms with Gasteiger partial charge in [0.1, 0.15) is 0 Å². The molecule has 0 fully saturated rings.